The van der Waals surface area contributed by atoms with Crippen molar-refractivity contribution in [2.75, 3.05) is 7.11 Å². The fourth-order valence-corrected chi connectivity index (χ4v) is 2.99. The summed E-state index contributed by atoms with van der Waals surface area (Å²) in [5.74, 6) is 0.833. The molecule has 21 heavy (non-hydrogen) atoms. The number of hydrogen-bond acceptors (Lipinski definition) is 4. The Morgan fingerprint density at radius 2 is 1.86 bits per heavy atom. The molecule has 1 heterocycles. The van der Waals surface area contributed by atoms with Crippen LogP contribution in [-0.4, -0.2) is 17.9 Å². The van der Waals surface area contributed by atoms with Crippen LogP contribution in [-0.2, 0) is 7.05 Å². The summed E-state index contributed by atoms with van der Waals surface area (Å²) in [4.78, 5) is 0.876. The molecule has 0 aliphatic rings. The second-order valence-corrected chi connectivity index (χ2v) is 5.54. The average Bonchev–Trinajstić information content (AvgIpc) is 2.85. The normalized spacial score (nSPS) is 12.4. The molecule has 0 unspecified atom stereocenters. The van der Waals surface area contributed by atoms with Crippen LogP contribution in [0.5, 0.6) is 5.75 Å². The zero-order valence-electron chi connectivity index (χ0n) is 11.9. The van der Waals surface area contributed by atoms with Crippen molar-refractivity contribution in [1.82, 2.24) is 4.57 Å². The predicted molar refractivity (Wildman–Crippen MR) is 86.9 cm³/mol. The number of benzene rings is 2. The minimum atomic E-state index is 0.833. The summed E-state index contributed by atoms with van der Waals surface area (Å²) < 4.78 is 8.38. The summed E-state index contributed by atoms with van der Waals surface area (Å²) in [6, 6.07) is 15.9. The lowest BCUT2D eigenvalue weighted by atomic mass is 10.2. The van der Waals surface area contributed by atoms with Gasteiger partial charge in [-0.25, -0.2) is 0 Å². The van der Waals surface area contributed by atoms with E-state index in [1.165, 1.54) is 10.2 Å². The van der Waals surface area contributed by atoms with Crippen molar-refractivity contribution in [3.8, 4) is 5.75 Å². The molecule has 0 spiro atoms. The van der Waals surface area contributed by atoms with Gasteiger partial charge in [-0.05, 0) is 42.0 Å². The van der Waals surface area contributed by atoms with Crippen molar-refractivity contribution in [3.05, 3.63) is 58.9 Å². The van der Waals surface area contributed by atoms with Gasteiger partial charge >= 0.3 is 0 Å². The van der Waals surface area contributed by atoms with Gasteiger partial charge in [0.1, 0.15) is 5.75 Å². The molecule has 0 amide bonds. The molecule has 3 rings (SSSR count). The molecule has 2 aromatic carbocycles. The molecule has 0 N–H and O–H groups in total. The maximum absolute atomic E-state index is 5.12. The first kappa shape index (κ1) is 13.6. The zero-order valence-corrected chi connectivity index (χ0v) is 12.7. The number of para-hydroxylation sites is 1. The summed E-state index contributed by atoms with van der Waals surface area (Å²) in [7, 11) is 3.65. The fraction of sp³-hybridized carbons (Fsp3) is 0.125. The van der Waals surface area contributed by atoms with E-state index in [1.54, 1.807) is 24.7 Å². The third kappa shape index (κ3) is 2.87. The summed E-state index contributed by atoms with van der Waals surface area (Å²) in [6.07, 6.45) is 1.74. The number of aryl methyl sites for hydroxylation is 1. The van der Waals surface area contributed by atoms with Crippen LogP contribution in [0.15, 0.2) is 58.7 Å². The van der Waals surface area contributed by atoms with Crippen LogP contribution in [0.4, 0.5) is 0 Å². The van der Waals surface area contributed by atoms with Crippen molar-refractivity contribution in [3.63, 3.8) is 0 Å². The van der Waals surface area contributed by atoms with E-state index in [0.717, 1.165) is 16.1 Å². The van der Waals surface area contributed by atoms with E-state index in [0.29, 0.717) is 0 Å². The Labute approximate surface area is 126 Å². The van der Waals surface area contributed by atoms with E-state index < -0.39 is 0 Å². The molecular formula is C16H15N3OS. The van der Waals surface area contributed by atoms with E-state index >= 15 is 0 Å². The number of fused-ring (bicyclic) bond motifs is 1. The van der Waals surface area contributed by atoms with Crippen LogP contribution in [0.3, 0.4) is 0 Å². The largest absolute Gasteiger partial charge is 0.497 e. The number of methoxy groups -OCH3 is 1. The van der Waals surface area contributed by atoms with Gasteiger partial charge < -0.3 is 9.30 Å². The van der Waals surface area contributed by atoms with Crippen molar-refractivity contribution >= 4 is 27.8 Å². The summed E-state index contributed by atoms with van der Waals surface area (Å²) >= 11 is 1.63. The van der Waals surface area contributed by atoms with E-state index in [9.17, 15) is 0 Å². The molecule has 0 atom stereocenters. The van der Waals surface area contributed by atoms with Crippen LogP contribution in [0.2, 0.25) is 0 Å². The number of nitrogens with zero attached hydrogens (tertiary/aromatic N) is 3. The molecule has 0 saturated heterocycles. The molecule has 4 nitrogen and oxygen atoms in total. The Kier molecular flexibility index (Phi) is 3.83. The van der Waals surface area contributed by atoms with Crippen molar-refractivity contribution < 1.29 is 4.74 Å². The molecule has 0 aliphatic heterocycles. The molecule has 0 saturated carbocycles. The number of ether oxygens (including phenoxy) is 1. The van der Waals surface area contributed by atoms with Crippen molar-refractivity contribution in [2.24, 2.45) is 17.3 Å². The van der Waals surface area contributed by atoms with Gasteiger partial charge in [0.25, 0.3) is 0 Å². The van der Waals surface area contributed by atoms with Gasteiger partial charge in [0.2, 0.25) is 4.80 Å². The molecule has 0 fully saturated rings. The first-order chi connectivity index (χ1) is 10.3. The minimum absolute atomic E-state index is 0.833. The lowest BCUT2D eigenvalue weighted by molar-refractivity contribution is 0.415. The summed E-state index contributed by atoms with van der Waals surface area (Å²) in [5, 5.41) is 8.47. The lowest BCUT2D eigenvalue weighted by Crippen LogP contribution is -2.08. The first-order valence-electron chi connectivity index (χ1n) is 6.53. The van der Waals surface area contributed by atoms with Gasteiger partial charge in [-0.3, -0.25) is 0 Å². The van der Waals surface area contributed by atoms with Gasteiger partial charge in [-0.1, -0.05) is 23.5 Å². The standard InChI is InChI=1S/C16H15N3OS/c1-19-14-5-3-4-6-15(14)21-16(19)18-17-11-12-7-9-13(20-2)10-8-12/h3-11H,1-2H3/b17-11+,18-16-. The molecule has 0 aliphatic carbocycles. The Morgan fingerprint density at radius 3 is 2.57 bits per heavy atom. The molecule has 1 aromatic heterocycles. The topological polar surface area (TPSA) is 38.9 Å². The smallest absolute Gasteiger partial charge is 0.211 e. The van der Waals surface area contributed by atoms with Crippen molar-refractivity contribution in [1.29, 1.82) is 0 Å². The molecule has 5 heteroatoms. The quantitative estimate of drug-likeness (QED) is 0.540. The molecule has 3 aromatic rings. The van der Waals surface area contributed by atoms with Crippen LogP contribution in [0.25, 0.3) is 10.2 Å². The van der Waals surface area contributed by atoms with Crippen LogP contribution < -0.4 is 9.54 Å². The lowest BCUT2D eigenvalue weighted by Gasteiger charge is -1.97. The Bertz CT molecular complexity index is 844. The second-order valence-electron chi connectivity index (χ2n) is 4.53. The fourth-order valence-electron chi connectivity index (χ4n) is 2.01. The Morgan fingerprint density at radius 1 is 1.10 bits per heavy atom. The first-order valence-corrected chi connectivity index (χ1v) is 7.35. The minimum Gasteiger partial charge on any atom is -0.497 e. The average molecular weight is 297 g/mol. The van der Waals surface area contributed by atoms with Crippen molar-refractivity contribution in [2.45, 2.75) is 0 Å². The monoisotopic (exact) mass is 297 g/mol. The highest BCUT2D eigenvalue weighted by atomic mass is 32.1. The van der Waals surface area contributed by atoms with Crippen LogP contribution >= 0.6 is 11.3 Å². The molecular weight excluding hydrogens is 282 g/mol. The maximum Gasteiger partial charge on any atom is 0.211 e. The van der Waals surface area contributed by atoms with Gasteiger partial charge in [-0.2, -0.15) is 5.10 Å². The van der Waals surface area contributed by atoms with Crippen LogP contribution in [0, 0.1) is 0 Å². The summed E-state index contributed by atoms with van der Waals surface area (Å²) in [5.41, 5.74) is 2.16. The van der Waals surface area contributed by atoms with E-state index in [-0.39, 0.29) is 0 Å². The number of rotatable bonds is 3. The summed E-state index contributed by atoms with van der Waals surface area (Å²) in [6.45, 7) is 0. The highest BCUT2D eigenvalue weighted by Gasteiger charge is 2.00. The van der Waals surface area contributed by atoms with Gasteiger partial charge in [0.15, 0.2) is 0 Å². The molecule has 0 radical (unpaired) electrons. The molecule has 0 bridgehead atoms. The highest BCUT2D eigenvalue weighted by molar-refractivity contribution is 7.16. The zero-order chi connectivity index (χ0) is 14.7. The Balaban J connectivity index is 1.89. The molecule has 106 valence electrons. The number of hydrogen-bond donors (Lipinski definition) is 0. The predicted octanol–water partition coefficient (Wildman–Crippen LogP) is 3.18. The van der Waals surface area contributed by atoms with E-state index in [4.69, 9.17) is 4.74 Å². The number of aromatic nitrogens is 1. The third-order valence-corrected chi connectivity index (χ3v) is 4.28. The van der Waals surface area contributed by atoms with Gasteiger partial charge in [-0.15, -0.1) is 5.10 Å². The third-order valence-electron chi connectivity index (χ3n) is 3.18. The van der Waals surface area contributed by atoms with Crippen LogP contribution in [0.1, 0.15) is 5.56 Å². The highest BCUT2D eigenvalue weighted by Crippen LogP contribution is 2.15. The van der Waals surface area contributed by atoms with Gasteiger partial charge in [0, 0.05) is 7.05 Å². The second kappa shape index (κ2) is 5.93. The van der Waals surface area contributed by atoms with E-state index in [1.807, 2.05) is 48.0 Å². The Hall–Kier alpha value is -2.40. The SMILES string of the molecule is COc1ccc(/C=N/N=c2\sc3ccccc3n2C)cc1. The van der Waals surface area contributed by atoms with Gasteiger partial charge in [0.05, 0.1) is 23.5 Å². The van der Waals surface area contributed by atoms with E-state index in [2.05, 4.69) is 22.3 Å². The maximum atomic E-state index is 5.12. The number of thiazole rings is 1.